The fourth-order valence-corrected chi connectivity index (χ4v) is 3.54. The molecule has 1 aromatic heterocycles. The van der Waals surface area contributed by atoms with Gasteiger partial charge in [-0.25, -0.2) is 4.98 Å². The Labute approximate surface area is 159 Å². The van der Waals surface area contributed by atoms with E-state index < -0.39 is 0 Å². The molecular weight excluding hydrogens is 336 g/mol. The zero-order valence-electron chi connectivity index (χ0n) is 15.6. The van der Waals surface area contributed by atoms with E-state index in [1.54, 1.807) is 7.11 Å². The van der Waals surface area contributed by atoms with Gasteiger partial charge in [0.2, 0.25) is 0 Å². The first kappa shape index (κ1) is 17.5. The second kappa shape index (κ2) is 8.18. The fraction of sp³-hybridized carbons (Fsp3) is 0.273. The lowest BCUT2D eigenvalue weighted by molar-refractivity contribution is 0.209. The lowest BCUT2D eigenvalue weighted by atomic mass is 10.0. The Bertz CT molecular complexity index is 918. The van der Waals surface area contributed by atoms with Crippen LogP contribution < -0.4 is 4.90 Å². The maximum atomic E-state index is 5.14. The van der Waals surface area contributed by atoms with Gasteiger partial charge in [-0.05, 0) is 29.0 Å². The van der Waals surface area contributed by atoms with E-state index >= 15 is 0 Å². The fourth-order valence-electron chi connectivity index (χ4n) is 3.54. The van der Waals surface area contributed by atoms with E-state index in [0.717, 1.165) is 49.8 Å². The van der Waals surface area contributed by atoms with Gasteiger partial charge >= 0.3 is 0 Å². The molecule has 27 heavy (non-hydrogen) atoms. The van der Waals surface area contributed by atoms with Crippen LogP contribution in [0.5, 0.6) is 0 Å². The molecule has 1 aliphatic rings. The smallest absolute Gasteiger partial charge is 0.128 e. The number of nitrogens with zero attached hydrogens (tertiary/aromatic N) is 4. The number of oxime groups is 1. The third-order valence-electron chi connectivity index (χ3n) is 5.00. The average molecular weight is 360 g/mol. The highest BCUT2D eigenvalue weighted by Gasteiger charge is 2.20. The topological polar surface area (TPSA) is 41.0 Å². The van der Waals surface area contributed by atoms with Crippen molar-refractivity contribution in [3.8, 4) is 0 Å². The van der Waals surface area contributed by atoms with E-state index in [9.17, 15) is 0 Å². The largest absolute Gasteiger partial charge is 0.399 e. The van der Waals surface area contributed by atoms with Crippen LogP contribution in [0.25, 0.3) is 10.8 Å². The SMILES string of the molecule is CO/N=C(\CN1CCN(c2ccccn2)CC1)c1ccc2ccccc2c1. The van der Waals surface area contributed by atoms with Gasteiger partial charge in [-0.15, -0.1) is 0 Å². The molecule has 1 aliphatic heterocycles. The highest BCUT2D eigenvalue weighted by atomic mass is 16.6. The van der Waals surface area contributed by atoms with Crippen LogP contribution in [-0.4, -0.2) is 55.4 Å². The molecule has 5 nitrogen and oxygen atoms in total. The highest BCUT2D eigenvalue weighted by Crippen LogP contribution is 2.18. The molecule has 0 amide bonds. The van der Waals surface area contributed by atoms with Crippen molar-refractivity contribution in [2.75, 3.05) is 44.7 Å². The van der Waals surface area contributed by atoms with Crippen LogP contribution in [0.15, 0.2) is 72.0 Å². The molecule has 0 spiro atoms. The van der Waals surface area contributed by atoms with Crippen LogP contribution in [-0.2, 0) is 4.84 Å². The first-order valence-corrected chi connectivity index (χ1v) is 9.31. The van der Waals surface area contributed by atoms with E-state index in [4.69, 9.17) is 4.84 Å². The van der Waals surface area contributed by atoms with E-state index in [0.29, 0.717) is 0 Å². The van der Waals surface area contributed by atoms with Crippen molar-refractivity contribution >= 4 is 22.3 Å². The van der Waals surface area contributed by atoms with E-state index in [1.807, 2.05) is 18.3 Å². The quantitative estimate of drug-likeness (QED) is 0.516. The summed E-state index contributed by atoms with van der Waals surface area (Å²) in [7, 11) is 1.61. The molecule has 5 heteroatoms. The van der Waals surface area contributed by atoms with E-state index in [1.165, 1.54) is 10.8 Å². The van der Waals surface area contributed by atoms with E-state index in [-0.39, 0.29) is 0 Å². The number of aromatic nitrogens is 1. The van der Waals surface area contributed by atoms with Crippen molar-refractivity contribution in [2.24, 2.45) is 5.16 Å². The summed E-state index contributed by atoms with van der Waals surface area (Å²) in [5.74, 6) is 1.05. The molecule has 0 aliphatic carbocycles. The molecule has 0 saturated carbocycles. The summed E-state index contributed by atoms with van der Waals surface area (Å²) in [5, 5.41) is 6.78. The predicted molar refractivity (Wildman–Crippen MR) is 110 cm³/mol. The summed E-state index contributed by atoms with van der Waals surface area (Å²) in [5.41, 5.74) is 2.08. The number of benzene rings is 2. The van der Waals surface area contributed by atoms with Gasteiger partial charge in [0.15, 0.2) is 0 Å². The number of hydrogen-bond acceptors (Lipinski definition) is 5. The minimum absolute atomic E-state index is 0.780. The van der Waals surface area contributed by atoms with Gasteiger partial charge in [-0.3, -0.25) is 4.90 Å². The van der Waals surface area contributed by atoms with Crippen molar-refractivity contribution in [3.63, 3.8) is 0 Å². The van der Waals surface area contributed by atoms with Crippen LogP contribution >= 0.6 is 0 Å². The van der Waals surface area contributed by atoms with Gasteiger partial charge in [0.1, 0.15) is 18.6 Å². The zero-order valence-corrected chi connectivity index (χ0v) is 15.6. The number of piperazine rings is 1. The normalized spacial score (nSPS) is 15.9. The Morgan fingerprint density at radius 1 is 0.963 bits per heavy atom. The number of fused-ring (bicyclic) bond motifs is 1. The highest BCUT2D eigenvalue weighted by molar-refractivity contribution is 6.04. The Kier molecular flexibility index (Phi) is 5.30. The van der Waals surface area contributed by atoms with Crippen molar-refractivity contribution in [3.05, 3.63) is 72.4 Å². The van der Waals surface area contributed by atoms with E-state index in [2.05, 4.69) is 68.5 Å². The molecule has 3 aromatic rings. The molecule has 0 N–H and O–H groups in total. The molecule has 2 heterocycles. The Morgan fingerprint density at radius 2 is 1.74 bits per heavy atom. The summed E-state index contributed by atoms with van der Waals surface area (Å²) in [4.78, 5) is 14.4. The van der Waals surface area contributed by atoms with Crippen LogP contribution in [0.1, 0.15) is 5.56 Å². The maximum absolute atomic E-state index is 5.14. The minimum atomic E-state index is 0.780. The number of hydrogen-bond donors (Lipinski definition) is 0. The monoisotopic (exact) mass is 360 g/mol. The standard InChI is InChI=1S/C22H24N4O/c1-27-24-21(20-10-9-18-6-2-3-7-19(18)16-20)17-25-12-14-26(15-13-25)22-8-4-5-11-23-22/h2-11,16H,12-15,17H2,1H3/b24-21+. The summed E-state index contributed by atoms with van der Waals surface area (Å²) in [6, 6.07) is 20.9. The molecule has 1 saturated heterocycles. The number of anilines is 1. The van der Waals surface area contributed by atoms with Crippen LogP contribution in [0, 0.1) is 0 Å². The van der Waals surface area contributed by atoms with Crippen molar-refractivity contribution in [1.82, 2.24) is 9.88 Å². The lowest BCUT2D eigenvalue weighted by Gasteiger charge is -2.35. The van der Waals surface area contributed by atoms with Crippen LogP contribution in [0.4, 0.5) is 5.82 Å². The molecule has 4 rings (SSSR count). The predicted octanol–water partition coefficient (Wildman–Crippen LogP) is 3.41. The van der Waals surface area contributed by atoms with Crippen molar-refractivity contribution in [1.29, 1.82) is 0 Å². The maximum Gasteiger partial charge on any atom is 0.128 e. The van der Waals surface area contributed by atoms with Crippen LogP contribution in [0.3, 0.4) is 0 Å². The van der Waals surface area contributed by atoms with Gasteiger partial charge in [-0.2, -0.15) is 0 Å². The Balaban J connectivity index is 1.45. The first-order valence-electron chi connectivity index (χ1n) is 9.31. The average Bonchev–Trinajstić information content (AvgIpc) is 2.74. The number of rotatable bonds is 5. The molecule has 0 radical (unpaired) electrons. The van der Waals surface area contributed by atoms with Gasteiger partial charge in [0, 0.05) is 44.5 Å². The number of pyridine rings is 1. The van der Waals surface area contributed by atoms with Gasteiger partial charge < -0.3 is 9.74 Å². The molecular formula is C22H24N4O. The zero-order chi connectivity index (χ0) is 18.5. The molecule has 138 valence electrons. The van der Waals surface area contributed by atoms with Gasteiger partial charge in [-0.1, -0.05) is 47.6 Å². The van der Waals surface area contributed by atoms with Crippen LogP contribution in [0.2, 0.25) is 0 Å². The Morgan fingerprint density at radius 3 is 2.48 bits per heavy atom. The molecule has 1 fully saturated rings. The first-order chi connectivity index (χ1) is 13.3. The summed E-state index contributed by atoms with van der Waals surface area (Å²) in [6.07, 6.45) is 1.85. The third-order valence-corrected chi connectivity index (χ3v) is 5.00. The molecule has 0 atom stereocenters. The summed E-state index contributed by atoms with van der Waals surface area (Å²) in [6.45, 7) is 4.67. The van der Waals surface area contributed by atoms with Crippen molar-refractivity contribution < 1.29 is 4.84 Å². The lowest BCUT2D eigenvalue weighted by Crippen LogP contribution is -2.48. The molecule has 2 aromatic carbocycles. The van der Waals surface area contributed by atoms with Gasteiger partial charge in [0.25, 0.3) is 0 Å². The molecule has 0 bridgehead atoms. The Hall–Kier alpha value is -2.92. The third kappa shape index (κ3) is 4.09. The minimum Gasteiger partial charge on any atom is -0.399 e. The molecule has 0 unspecified atom stereocenters. The van der Waals surface area contributed by atoms with Gasteiger partial charge in [0.05, 0.1) is 0 Å². The summed E-state index contributed by atoms with van der Waals surface area (Å²) >= 11 is 0. The second-order valence-electron chi connectivity index (χ2n) is 6.73. The second-order valence-corrected chi connectivity index (χ2v) is 6.73. The van der Waals surface area contributed by atoms with Crippen molar-refractivity contribution in [2.45, 2.75) is 0 Å². The summed E-state index contributed by atoms with van der Waals surface area (Å²) < 4.78 is 0.